The molecule has 1 aliphatic heterocycles. The fourth-order valence-corrected chi connectivity index (χ4v) is 4.17. The van der Waals surface area contributed by atoms with Crippen molar-refractivity contribution in [3.05, 3.63) is 44.7 Å². The molecule has 0 aliphatic carbocycles. The van der Waals surface area contributed by atoms with E-state index in [2.05, 4.69) is 49.0 Å². The highest BCUT2D eigenvalue weighted by Gasteiger charge is 2.33. The van der Waals surface area contributed by atoms with E-state index in [1.54, 1.807) is 4.90 Å². The van der Waals surface area contributed by atoms with Crippen LogP contribution < -0.4 is 10.9 Å². The first-order valence-electron chi connectivity index (χ1n) is 11.6. The third-order valence-electron chi connectivity index (χ3n) is 6.21. The van der Waals surface area contributed by atoms with Crippen LogP contribution in [-0.4, -0.2) is 58.7 Å². The number of nitrogens with one attached hydrogen (secondary N) is 2. The number of ether oxygens (including phenoxy) is 1. The number of fused-ring (bicyclic) bond motifs is 1. The molecule has 1 aromatic carbocycles. The monoisotopic (exact) mass is 442 g/mol. The van der Waals surface area contributed by atoms with Crippen LogP contribution in [0.4, 0.5) is 4.79 Å². The highest BCUT2D eigenvalue weighted by atomic mass is 16.6. The van der Waals surface area contributed by atoms with Crippen molar-refractivity contribution < 1.29 is 9.53 Å². The lowest BCUT2D eigenvalue weighted by atomic mass is 9.97. The smallest absolute Gasteiger partial charge is 0.410 e. The Kier molecular flexibility index (Phi) is 7.30. The summed E-state index contributed by atoms with van der Waals surface area (Å²) in [5.74, 6) is 0. The van der Waals surface area contributed by atoms with Gasteiger partial charge in [0.25, 0.3) is 5.56 Å². The number of H-pyrrole nitrogens is 1. The fourth-order valence-electron chi connectivity index (χ4n) is 4.17. The molecule has 2 heterocycles. The molecule has 176 valence electrons. The van der Waals surface area contributed by atoms with Gasteiger partial charge in [0.05, 0.1) is 5.52 Å². The SMILES string of the molecule is CCN(CC)Cc1c(C)cc2cc(CNC3CN(C(=O)OC(C)(C)C)C3)c(=O)[nH]c2c1C. The van der Waals surface area contributed by atoms with Crippen LogP contribution >= 0.6 is 0 Å². The minimum absolute atomic E-state index is 0.0611. The van der Waals surface area contributed by atoms with E-state index in [0.29, 0.717) is 25.2 Å². The Balaban J connectivity index is 1.68. The van der Waals surface area contributed by atoms with Crippen molar-refractivity contribution in [3.63, 3.8) is 0 Å². The quantitative estimate of drug-likeness (QED) is 0.684. The van der Waals surface area contributed by atoms with Gasteiger partial charge in [0.2, 0.25) is 0 Å². The predicted molar refractivity (Wildman–Crippen MR) is 129 cm³/mol. The lowest BCUT2D eigenvalue weighted by Gasteiger charge is -2.40. The molecule has 7 nitrogen and oxygen atoms in total. The van der Waals surface area contributed by atoms with E-state index in [9.17, 15) is 9.59 Å². The van der Waals surface area contributed by atoms with Gasteiger partial charge >= 0.3 is 6.09 Å². The summed E-state index contributed by atoms with van der Waals surface area (Å²) < 4.78 is 5.39. The Morgan fingerprint density at radius 1 is 1.22 bits per heavy atom. The highest BCUT2D eigenvalue weighted by Crippen LogP contribution is 2.25. The summed E-state index contributed by atoms with van der Waals surface area (Å²) in [4.78, 5) is 32.0. The van der Waals surface area contributed by atoms with Gasteiger partial charge in [-0.2, -0.15) is 0 Å². The standard InChI is InChI=1S/C25H38N4O3/c1-8-28(9-2)15-21-16(3)10-18-11-19(23(30)27-22(18)17(21)4)12-26-20-13-29(14-20)24(31)32-25(5,6)7/h10-11,20,26H,8-9,12-15H2,1-7H3,(H,27,30). The van der Waals surface area contributed by atoms with E-state index in [1.165, 1.54) is 11.1 Å². The van der Waals surface area contributed by atoms with Gasteiger partial charge in [0.15, 0.2) is 0 Å². The number of aromatic nitrogens is 1. The van der Waals surface area contributed by atoms with E-state index in [0.717, 1.165) is 36.1 Å². The number of hydrogen-bond acceptors (Lipinski definition) is 5. The van der Waals surface area contributed by atoms with Crippen molar-refractivity contribution in [2.24, 2.45) is 0 Å². The number of carbonyl (C=O) groups excluding carboxylic acids is 1. The Bertz CT molecular complexity index is 1030. The van der Waals surface area contributed by atoms with Gasteiger partial charge in [-0.25, -0.2) is 4.79 Å². The molecule has 0 bridgehead atoms. The van der Waals surface area contributed by atoms with E-state index in [4.69, 9.17) is 4.74 Å². The van der Waals surface area contributed by atoms with Gasteiger partial charge in [-0.3, -0.25) is 9.69 Å². The second-order valence-corrected chi connectivity index (χ2v) is 9.81. The molecule has 1 saturated heterocycles. The first-order chi connectivity index (χ1) is 15.0. The van der Waals surface area contributed by atoms with Gasteiger partial charge in [-0.1, -0.05) is 13.8 Å². The van der Waals surface area contributed by atoms with Crippen LogP contribution in [0.2, 0.25) is 0 Å². The molecule has 0 radical (unpaired) electrons. The Morgan fingerprint density at radius 2 is 1.88 bits per heavy atom. The lowest BCUT2D eigenvalue weighted by molar-refractivity contribution is 0.00517. The third-order valence-corrected chi connectivity index (χ3v) is 6.21. The number of aryl methyl sites for hydroxylation is 2. The first-order valence-corrected chi connectivity index (χ1v) is 11.6. The molecule has 0 saturated carbocycles. The molecular formula is C25H38N4O3. The van der Waals surface area contributed by atoms with E-state index in [-0.39, 0.29) is 17.7 Å². The zero-order valence-corrected chi connectivity index (χ0v) is 20.6. The molecule has 7 heteroatoms. The van der Waals surface area contributed by atoms with Crippen molar-refractivity contribution >= 4 is 17.0 Å². The van der Waals surface area contributed by atoms with E-state index >= 15 is 0 Å². The number of pyridine rings is 1. The molecule has 0 spiro atoms. The maximum atomic E-state index is 12.8. The van der Waals surface area contributed by atoms with Crippen LogP contribution in [0.5, 0.6) is 0 Å². The largest absolute Gasteiger partial charge is 0.444 e. The van der Waals surface area contributed by atoms with Crippen molar-refractivity contribution in [1.82, 2.24) is 20.1 Å². The van der Waals surface area contributed by atoms with E-state index < -0.39 is 5.60 Å². The predicted octanol–water partition coefficient (Wildman–Crippen LogP) is 3.70. The molecule has 1 aromatic heterocycles. The molecule has 32 heavy (non-hydrogen) atoms. The van der Waals surface area contributed by atoms with Crippen molar-refractivity contribution in [3.8, 4) is 0 Å². The average Bonchev–Trinajstić information content (AvgIpc) is 2.66. The minimum atomic E-state index is -0.491. The van der Waals surface area contributed by atoms with Gasteiger partial charge < -0.3 is 19.9 Å². The summed E-state index contributed by atoms with van der Waals surface area (Å²) in [6, 6.07) is 4.33. The number of amides is 1. The number of likely N-dealkylation sites (tertiary alicyclic amines) is 1. The normalized spacial score (nSPS) is 14.8. The maximum absolute atomic E-state index is 12.8. The summed E-state index contributed by atoms with van der Waals surface area (Å²) in [5, 5.41) is 4.45. The highest BCUT2D eigenvalue weighted by molar-refractivity contribution is 5.84. The molecule has 1 fully saturated rings. The number of nitrogens with zero attached hydrogens (tertiary/aromatic N) is 2. The number of rotatable bonds is 7. The molecular weight excluding hydrogens is 404 g/mol. The molecule has 0 atom stereocenters. The summed E-state index contributed by atoms with van der Waals surface area (Å²) >= 11 is 0. The van der Waals surface area contributed by atoms with Crippen molar-refractivity contribution in [2.75, 3.05) is 26.2 Å². The second-order valence-electron chi connectivity index (χ2n) is 9.81. The summed E-state index contributed by atoms with van der Waals surface area (Å²) in [6.45, 7) is 18.7. The average molecular weight is 443 g/mol. The number of hydrogen-bond donors (Lipinski definition) is 2. The third kappa shape index (κ3) is 5.51. The van der Waals surface area contributed by atoms with Crippen LogP contribution in [0.15, 0.2) is 16.9 Å². The van der Waals surface area contributed by atoms with Crippen molar-refractivity contribution in [2.45, 2.75) is 73.2 Å². The maximum Gasteiger partial charge on any atom is 0.410 e. The molecule has 0 unspecified atom stereocenters. The van der Waals surface area contributed by atoms with Crippen LogP contribution in [-0.2, 0) is 17.8 Å². The minimum Gasteiger partial charge on any atom is -0.444 e. The molecule has 3 rings (SSSR count). The molecule has 2 aromatic rings. The topological polar surface area (TPSA) is 77.7 Å². The zero-order chi connectivity index (χ0) is 23.6. The number of benzene rings is 1. The first kappa shape index (κ1) is 24.3. The summed E-state index contributed by atoms with van der Waals surface area (Å²) in [7, 11) is 0. The van der Waals surface area contributed by atoms with Gasteiger partial charge in [-0.15, -0.1) is 0 Å². The molecule has 1 amide bonds. The van der Waals surface area contributed by atoms with Crippen LogP contribution in [0.25, 0.3) is 10.9 Å². The van der Waals surface area contributed by atoms with Crippen LogP contribution in [0, 0.1) is 13.8 Å². The Morgan fingerprint density at radius 3 is 2.47 bits per heavy atom. The number of carbonyl (C=O) groups is 1. The number of aromatic amines is 1. The Labute approximate surface area is 191 Å². The van der Waals surface area contributed by atoms with Crippen molar-refractivity contribution in [1.29, 1.82) is 0 Å². The molecule has 2 N–H and O–H groups in total. The van der Waals surface area contributed by atoms with Gasteiger partial charge in [0.1, 0.15) is 5.60 Å². The van der Waals surface area contributed by atoms with Gasteiger partial charge in [-0.05, 0) is 81.9 Å². The summed E-state index contributed by atoms with van der Waals surface area (Å²) in [6.07, 6.45) is -0.287. The van der Waals surface area contributed by atoms with Gasteiger partial charge in [0, 0.05) is 37.8 Å². The lowest BCUT2D eigenvalue weighted by Crippen LogP contribution is -2.60. The van der Waals surface area contributed by atoms with Crippen LogP contribution in [0.1, 0.15) is 56.9 Å². The van der Waals surface area contributed by atoms with E-state index in [1.807, 2.05) is 26.8 Å². The molecule has 1 aliphatic rings. The fraction of sp³-hybridized carbons (Fsp3) is 0.600. The summed E-state index contributed by atoms with van der Waals surface area (Å²) in [5.41, 5.74) is 4.77. The second kappa shape index (κ2) is 9.63. The van der Waals surface area contributed by atoms with Crippen LogP contribution in [0.3, 0.4) is 0 Å². The zero-order valence-electron chi connectivity index (χ0n) is 20.6. The Hall–Kier alpha value is -2.38.